The van der Waals surface area contributed by atoms with Crippen LogP contribution >= 0.6 is 0 Å². The van der Waals surface area contributed by atoms with E-state index < -0.39 is 29.7 Å². The quantitative estimate of drug-likeness (QED) is 0.558. The van der Waals surface area contributed by atoms with Crippen LogP contribution in [0.4, 0.5) is 4.39 Å². The number of carboxylic acids is 1. The van der Waals surface area contributed by atoms with E-state index in [9.17, 15) is 18.8 Å². The molecule has 0 unspecified atom stereocenters. The minimum absolute atomic E-state index is 0.0664. The fourth-order valence-corrected chi connectivity index (χ4v) is 1.79. The third-order valence-electron chi connectivity index (χ3n) is 2.80. The Morgan fingerprint density at radius 3 is 2.74 bits per heavy atom. The Morgan fingerprint density at radius 1 is 1.39 bits per heavy atom. The van der Waals surface area contributed by atoms with Crippen LogP contribution in [0.15, 0.2) is 36.4 Å². The maximum atomic E-state index is 13.0. The van der Waals surface area contributed by atoms with Crippen molar-refractivity contribution in [3.05, 3.63) is 47.8 Å². The molecule has 124 valence electrons. The standard InChI is InChI=1S/C16H18FNO5/c1-2-23-15(20)8-4-7-13(16(21)22)18-14(19)10-11-5-3-6-12(17)9-11/h3-6,8-9,13H,2,7,10H2,1H3,(H,18,19)(H,21,22)/b8-4+/t13-/m0/s1. The average Bonchev–Trinajstić information content (AvgIpc) is 2.46. The normalized spacial score (nSPS) is 11.9. The number of amides is 1. The van der Waals surface area contributed by atoms with E-state index in [1.54, 1.807) is 13.0 Å². The molecule has 0 radical (unpaired) electrons. The lowest BCUT2D eigenvalue weighted by atomic mass is 10.1. The first-order valence-corrected chi connectivity index (χ1v) is 7.02. The van der Waals surface area contributed by atoms with Crippen LogP contribution in [0.2, 0.25) is 0 Å². The molecule has 7 heteroatoms. The Hall–Kier alpha value is -2.70. The molecule has 0 aromatic heterocycles. The van der Waals surface area contributed by atoms with Gasteiger partial charge in [0.05, 0.1) is 13.0 Å². The molecule has 1 aromatic carbocycles. The molecule has 23 heavy (non-hydrogen) atoms. The third-order valence-corrected chi connectivity index (χ3v) is 2.80. The number of benzene rings is 1. The molecule has 0 spiro atoms. The molecule has 0 aliphatic heterocycles. The van der Waals surface area contributed by atoms with Crippen molar-refractivity contribution in [2.45, 2.75) is 25.8 Å². The summed E-state index contributed by atoms with van der Waals surface area (Å²) in [6, 6.07) is 4.31. The molecule has 0 saturated carbocycles. The highest BCUT2D eigenvalue weighted by atomic mass is 19.1. The number of esters is 1. The van der Waals surface area contributed by atoms with Crippen molar-refractivity contribution in [2.75, 3.05) is 6.61 Å². The molecular weight excluding hydrogens is 305 g/mol. The topological polar surface area (TPSA) is 92.7 Å². The van der Waals surface area contributed by atoms with Gasteiger partial charge in [0.2, 0.25) is 5.91 Å². The van der Waals surface area contributed by atoms with Crippen molar-refractivity contribution in [3.8, 4) is 0 Å². The van der Waals surface area contributed by atoms with E-state index in [4.69, 9.17) is 5.11 Å². The zero-order chi connectivity index (χ0) is 17.2. The summed E-state index contributed by atoms with van der Waals surface area (Å²) >= 11 is 0. The highest BCUT2D eigenvalue weighted by Crippen LogP contribution is 2.05. The molecular formula is C16H18FNO5. The number of ether oxygens (including phenoxy) is 1. The van der Waals surface area contributed by atoms with Gasteiger partial charge in [-0.1, -0.05) is 18.2 Å². The number of nitrogens with one attached hydrogen (secondary N) is 1. The molecule has 6 nitrogen and oxygen atoms in total. The highest BCUT2D eigenvalue weighted by Gasteiger charge is 2.18. The van der Waals surface area contributed by atoms with Crippen molar-refractivity contribution in [3.63, 3.8) is 0 Å². The molecule has 1 atom stereocenters. The van der Waals surface area contributed by atoms with Crippen LogP contribution in [-0.2, 0) is 25.5 Å². The summed E-state index contributed by atoms with van der Waals surface area (Å²) in [6.45, 7) is 1.87. The summed E-state index contributed by atoms with van der Waals surface area (Å²) in [7, 11) is 0. The number of carbonyl (C=O) groups is 3. The predicted octanol–water partition coefficient (Wildman–Crippen LogP) is 1.45. The van der Waals surface area contributed by atoms with Crippen LogP contribution in [0.3, 0.4) is 0 Å². The average molecular weight is 323 g/mol. The van der Waals surface area contributed by atoms with E-state index in [0.29, 0.717) is 5.56 Å². The fourth-order valence-electron chi connectivity index (χ4n) is 1.79. The van der Waals surface area contributed by atoms with Gasteiger partial charge in [-0.15, -0.1) is 0 Å². The van der Waals surface area contributed by atoms with Gasteiger partial charge in [0, 0.05) is 6.08 Å². The number of hydrogen-bond donors (Lipinski definition) is 2. The summed E-state index contributed by atoms with van der Waals surface area (Å²) in [5.41, 5.74) is 0.439. The van der Waals surface area contributed by atoms with Gasteiger partial charge < -0.3 is 15.2 Å². The van der Waals surface area contributed by atoms with Crippen LogP contribution in [0.25, 0.3) is 0 Å². The number of halogens is 1. The second-order valence-electron chi connectivity index (χ2n) is 4.66. The van der Waals surface area contributed by atoms with Crippen LogP contribution in [0.5, 0.6) is 0 Å². The second kappa shape index (κ2) is 9.34. The number of hydrogen-bond acceptors (Lipinski definition) is 4. The number of rotatable bonds is 8. The smallest absolute Gasteiger partial charge is 0.330 e. The second-order valence-corrected chi connectivity index (χ2v) is 4.66. The molecule has 0 fully saturated rings. The molecule has 1 aromatic rings. The molecule has 2 N–H and O–H groups in total. The largest absolute Gasteiger partial charge is 0.480 e. The summed E-state index contributed by atoms with van der Waals surface area (Å²) in [4.78, 5) is 34.1. The molecule has 0 bridgehead atoms. The monoisotopic (exact) mass is 323 g/mol. The lowest BCUT2D eigenvalue weighted by Gasteiger charge is -2.12. The molecule has 0 aliphatic carbocycles. The number of aliphatic carboxylic acids is 1. The predicted molar refractivity (Wildman–Crippen MR) is 80.1 cm³/mol. The van der Waals surface area contributed by atoms with Gasteiger partial charge in [0.25, 0.3) is 0 Å². The minimum Gasteiger partial charge on any atom is -0.480 e. The lowest BCUT2D eigenvalue weighted by Crippen LogP contribution is -2.41. The van der Waals surface area contributed by atoms with Gasteiger partial charge in [-0.25, -0.2) is 14.0 Å². The molecule has 1 rings (SSSR count). The van der Waals surface area contributed by atoms with E-state index in [1.165, 1.54) is 24.3 Å². The zero-order valence-electron chi connectivity index (χ0n) is 12.6. The van der Waals surface area contributed by atoms with Crippen molar-refractivity contribution in [1.29, 1.82) is 0 Å². The lowest BCUT2D eigenvalue weighted by molar-refractivity contribution is -0.141. The third kappa shape index (κ3) is 7.21. The number of carbonyl (C=O) groups excluding carboxylic acids is 2. The van der Waals surface area contributed by atoms with Crippen molar-refractivity contribution in [2.24, 2.45) is 0 Å². The van der Waals surface area contributed by atoms with E-state index in [-0.39, 0.29) is 19.4 Å². The summed E-state index contributed by atoms with van der Waals surface area (Å²) in [6.07, 6.45) is 2.23. The Kier molecular flexibility index (Phi) is 7.45. The first-order valence-electron chi connectivity index (χ1n) is 7.02. The molecule has 0 heterocycles. The zero-order valence-corrected chi connectivity index (χ0v) is 12.6. The van der Waals surface area contributed by atoms with E-state index in [1.807, 2.05) is 0 Å². The maximum absolute atomic E-state index is 13.0. The van der Waals surface area contributed by atoms with Crippen LogP contribution in [-0.4, -0.2) is 35.6 Å². The van der Waals surface area contributed by atoms with Gasteiger partial charge in [-0.2, -0.15) is 0 Å². The Bertz CT molecular complexity index is 600. The van der Waals surface area contributed by atoms with Gasteiger partial charge in [-0.05, 0) is 31.0 Å². The first kappa shape index (κ1) is 18.3. The summed E-state index contributed by atoms with van der Waals surface area (Å²) in [5, 5.41) is 11.4. The fraction of sp³-hybridized carbons (Fsp3) is 0.312. The van der Waals surface area contributed by atoms with Crippen molar-refractivity contribution in [1.82, 2.24) is 5.32 Å². The maximum Gasteiger partial charge on any atom is 0.330 e. The van der Waals surface area contributed by atoms with Crippen molar-refractivity contribution >= 4 is 17.8 Å². The Balaban J connectivity index is 2.56. The molecule has 0 saturated heterocycles. The summed E-state index contributed by atoms with van der Waals surface area (Å²) in [5.74, 6) is -2.83. The van der Waals surface area contributed by atoms with Crippen LogP contribution in [0.1, 0.15) is 18.9 Å². The SMILES string of the molecule is CCOC(=O)/C=C/C[C@H](NC(=O)Cc1cccc(F)c1)C(=O)O. The molecule has 0 aliphatic rings. The summed E-state index contributed by atoms with van der Waals surface area (Å²) < 4.78 is 17.7. The highest BCUT2D eigenvalue weighted by molar-refractivity contribution is 5.85. The minimum atomic E-state index is -1.23. The van der Waals surface area contributed by atoms with Crippen molar-refractivity contribution < 1.29 is 28.6 Å². The van der Waals surface area contributed by atoms with Gasteiger partial charge in [-0.3, -0.25) is 4.79 Å². The Labute approximate surface area is 132 Å². The van der Waals surface area contributed by atoms with Gasteiger partial charge in [0.1, 0.15) is 11.9 Å². The van der Waals surface area contributed by atoms with E-state index >= 15 is 0 Å². The van der Waals surface area contributed by atoms with Crippen LogP contribution < -0.4 is 5.32 Å². The van der Waals surface area contributed by atoms with Gasteiger partial charge >= 0.3 is 11.9 Å². The molecule has 1 amide bonds. The first-order chi connectivity index (χ1) is 10.9. The van der Waals surface area contributed by atoms with E-state index in [2.05, 4.69) is 10.1 Å². The number of carboxylic acid groups (broad SMARTS) is 1. The van der Waals surface area contributed by atoms with Crippen LogP contribution in [0, 0.1) is 5.82 Å². The Morgan fingerprint density at radius 2 is 2.13 bits per heavy atom. The van der Waals surface area contributed by atoms with E-state index in [0.717, 1.165) is 6.08 Å². The van der Waals surface area contributed by atoms with Gasteiger partial charge in [0.15, 0.2) is 0 Å².